The average molecular weight is 846 g/mol. The Labute approximate surface area is 375 Å². The Morgan fingerprint density at radius 1 is 0.292 bits per heavy atom. The summed E-state index contributed by atoms with van der Waals surface area (Å²) in [4.78, 5) is 0. The average Bonchev–Trinajstić information content (AvgIpc) is 4.17. The number of thiophene rings is 1. The number of furan rings is 1. The molecule has 0 N–H and O–H groups in total. The molecule has 0 spiro atoms. The number of fused-ring (bicyclic) bond motifs is 16. The van der Waals surface area contributed by atoms with Gasteiger partial charge in [-0.15, -0.1) is 11.3 Å². The minimum atomic E-state index is 0.882. The summed E-state index contributed by atoms with van der Waals surface area (Å²) in [5.74, 6) is 0. The molecule has 10 aromatic carbocycles. The van der Waals surface area contributed by atoms with Crippen LogP contribution < -0.4 is 0 Å². The van der Waals surface area contributed by atoms with E-state index in [1.807, 2.05) is 11.3 Å². The van der Waals surface area contributed by atoms with E-state index in [-0.39, 0.29) is 0 Å². The molecule has 5 heteroatoms. The SMILES string of the molecule is c1ccc(-n2c3ccccc3c3cc(-c4ccc5sc6c(ccc7c6c6ccccc6n7-c6ccc7oc8ccc(-n9c%10ccccc%10c%10ccccc%109)cc8c7c6)c5c4)ccc32)cc1. The lowest BCUT2D eigenvalue weighted by atomic mass is 10.00. The summed E-state index contributed by atoms with van der Waals surface area (Å²) in [5, 5.41) is 12.4. The van der Waals surface area contributed by atoms with Crippen LogP contribution in [0.5, 0.6) is 0 Å². The first-order valence-corrected chi connectivity index (χ1v) is 23.0. The number of hydrogen-bond donors (Lipinski definition) is 0. The molecule has 15 rings (SSSR count). The molecule has 0 atom stereocenters. The fourth-order valence-corrected chi connectivity index (χ4v) is 12.2. The van der Waals surface area contributed by atoms with Gasteiger partial charge in [-0.3, -0.25) is 0 Å². The largest absolute Gasteiger partial charge is 0.456 e. The fourth-order valence-electron chi connectivity index (χ4n) is 11.0. The van der Waals surface area contributed by atoms with Crippen molar-refractivity contribution in [2.45, 2.75) is 0 Å². The van der Waals surface area contributed by atoms with Crippen molar-refractivity contribution in [2.75, 3.05) is 0 Å². The molecule has 4 nitrogen and oxygen atoms in total. The van der Waals surface area contributed by atoms with Crippen LogP contribution in [0.15, 0.2) is 217 Å². The van der Waals surface area contributed by atoms with Crippen LogP contribution in [0.25, 0.3) is 136 Å². The Bertz CT molecular complexity index is 4430. The number of rotatable bonds is 4. The second-order valence-corrected chi connectivity index (χ2v) is 18.3. The highest BCUT2D eigenvalue weighted by Crippen LogP contribution is 2.45. The summed E-state index contributed by atoms with van der Waals surface area (Å²) in [5.41, 5.74) is 14.8. The molecule has 0 fully saturated rings. The van der Waals surface area contributed by atoms with Crippen LogP contribution in [0.4, 0.5) is 0 Å². The van der Waals surface area contributed by atoms with Crippen molar-refractivity contribution in [3.63, 3.8) is 0 Å². The third-order valence-corrected chi connectivity index (χ3v) is 15.0. The van der Waals surface area contributed by atoms with Crippen LogP contribution in [-0.4, -0.2) is 13.7 Å². The molecule has 0 radical (unpaired) electrons. The Morgan fingerprint density at radius 3 is 1.42 bits per heavy atom. The molecule has 0 saturated carbocycles. The summed E-state index contributed by atoms with van der Waals surface area (Å²) in [6.07, 6.45) is 0. The Morgan fingerprint density at radius 2 is 0.769 bits per heavy atom. The van der Waals surface area contributed by atoms with Gasteiger partial charge in [0, 0.05) is 80.3 Å². The molecular weight excluding hydrogens is 811 g/mol. The second-order valence-electron chi connectivity index (χ2n) is 17.3. The predicted molar refractivity (Wildman–Crippen MR) is 275 cm³/mol. The molecule has 5 heterocycles. The number of hydrogen-bond acceptors (Lipinski definition) is 2. The zero-order valence-corrected chi connectivity index (χ0v) is 35.7. The quantitative estimate of drug-likeness (QED) is 0.173. The van der Waals surface area contributed by atoms with E-state index >= 15 is 0 Å². The van der Waals surface area contributed by atoms with Crippen LogP contribution in [0.3, 0.4) is 0 Å². The van der Waals surface area contributed by atoms with E-state index in [1.54, 1.807) is 0 Å². The van der Waals surface area contributed by atoms with Gasteiger partial charge in [0.05, 0.1) is 33.1 Å². The zero-order chi connectivity index (χ0) is 42.3. The van der Waals surface area contributed by atoms with Crippen LogP contribution >= 0.6 is 11.3 Å². The first-order valence-electron chi connectivity index (χ1n) is 22.2. The summed E-state index contributed by atoms with van der Waals surface area (Å²) < 4.78 is 16.3. The molecule has 5 aromatic heterocycles. The fraction of sp³-hybridized carbons (Fsp3) is 0. The maximum Gasteiger partial charge on any atom is 0.135 e. The normalized spacial score (nSPS) is 12.3. The number of nitrogens with zero attached hydrogens (tertiary/aromatic N) is 3. The van der Waals surface area contributed by atoms with Crippen LogP contribution in [0.2, 0.25) is 0 Å². The molecule has 0 saturated heterocycles. The first kappa shape index (κ1) is 35.1. The Balaban J connectivity index is 0.887. The van der Waals surface area contributed by atoms with E-state index in [0.717, 1.165) is 33.3 Å². The minimum absolute atomic E-state index is 0.882. The van der Waals surface area contributed by atoms with E-state index < -0.39 is 0 Å². The molecule has 0 aliphatic carbocycles. The van der Waals surface area contributed by atoms with Gasteiger partial charge in [0.25, 0.3) is 0 Å². The Kier molecular flexibility index (Phi) is 7.07. The number of benzene rings is 10. The lowest BCUT2D eigenvalue weighted by Gasteiger charge is -2.09. The summed E-state index contributed by atoms with van der Waals surface area (Å²) in [6, 6.07) is 77.6. The van der Waals surface area contributed by atoms with Crippen LogP contribution in [0, 0.1) is 0 Å². The third kappa shape index (κ3) is 4.90. The molecular formula is C60H35N3OS. The van der Waals surface area contributed by atoms with Crippen molar-refractivity contribution in [2.24, 2.45) is 0 Å². The summed E-state index contributed by atoms with van der Waals surface area (Å²) in [6.45, 7) is 0. The lowest BCUT2D eigenvalue weighted by molar-refractivity contribution is 0.669. The van der Waals surface area contributed by atoms with Crippen LogP contribution in [-0.2, 0) is 0 Å². The smallest absolute Gasteiger partial charge is 0.135 e. The maximum absolute atomic E-state index is 6.52. The molecule has 65 heavy (non-hydrogen) atoms. The highest BCUT2D eigenvalue weighted by Gasteiger charge is 2.20. The molecule has 302 valence electrons. The van der Waals surface area contributed by atoms with Gasteiger partial charge < -0.3 is 18.1 Å². The van der Waals surface area contributed by atoms with Crippen molar-refractivity contribution in [3.8, 4) is 28.2 Å². The van der Waals surface area contributed by atoms with Gasteiger partial charge in [0.2, 0.25) is 0 Å². The van der Waals surface area contributed by atoms with Gasteiger partial charge in [-0.1, -0.05) is 109 Å². The molecule has 0 aliphatic heterocycles. The topological polar surface area (TPSA) is 27.9 Å². The molecule has 0 unspecified atom stereocenters. The van der Waals surface area contributed by atoms with Gasteiger partial charge in [0.15, 0.2) is 0 Å². The molecule has 0 aliphatic rings. The maximum atomic E-state index is 6.52. The zero-order valence-electron chi connectivity index (χ0n) is 34.9. The molecule has 15 aromatic rings. The standard InChI is InChI=1S/C60H35N3OS/c1-2-12-38(13-3-1)61-52-20-10-6-16-43(52)46-32-36(22-27-54(46)61)37-23-31-58-49(33-37)44-26-28-55-59(60(44)65-58)45-17-7-11-21-53(45)63(55)40-25-30-57-48(35-40)47-34-39(24-29-56(47)64-57)62-50-18-8-4-14-41(50)42-15-5-9-19-51(42)62/h1-35H. The van der Waals surface area contributed by atoms with Crippen LogP contribution in [0.1, 0.15) is 0 Å². The highest BCUT2D eigenvalue weighted by molar-refractivity contribution is 7.26. The van der Waals surface area contributed by atoms with Crippen molar-refractivity contribution in [3.05, 3.63) is 212 Å². The number of para-hydroxylation sites is 5. The summed E-state index contributed by atoms with van der Waals surface area (Å²) in [7, 11) is 0. The van der Waals surface area contributed by atoms with Gasteiger partial charge in [-0.05, 0) is 114 Å². The predicted octanol–water partition coefficient (Wildman–Crippen LogP) is 16.9. The van der Waals surface area contributed by atoms with Gasteiger partial charge in [-0.25, -0.2) is 0 Å². The van der Waals surface area contributed by atoms with Gasteiger partial charge in [0.1, 0.15) is 11.2 Å². The van der Waals surface area contributed by atoms with E-state index in [2.05, 4.69) is 226 Å². The summed E-state index contributed by atoms with van der Waals surface area (Å²) >= 11 is 1.90. The van der Waals surface area contributed by atoms with E-state index in [4.69, 9.17) is 4.42 Å². The van der Waals surface area contributed by atoms with Crippen molar-refractivity contribution >= 4 is 119 Å². The van der Waals surface area contributed by atoms with Crippen molar-refractivity contribution < 1.29 is 4.42 Å². The van der Waals surface area contributed by atoms with Crippen molar-refractivity contribution in [1.29, 1.82) is 0 Å². The molecule has 0 amide bonds. The molecule has 0 bridgehead atoms. The van der Waals surface area contributed by atoms with Crippen molar-refractivity contribution in [1.82, 2.24) is 13.7 Å². The Hall–Kier alpha value is -8.38. The first-order chi connectivity index (χ1) is 32.2. The second kappa shape index (κ2) is 13.1. The minimum Gasteiger partial charge on any atom is -0.456 e. The van der Waals surface area contributed by atoms with E-state index in [1.165, 1.54) is 102 Å². The monoisotopic (exact) mass is 845 g/mol. The van der Waals surface area contributed by atoms with E-state index in [9.17, 15) is 0 Å². The van der Waals surface area contributed by atoms with Gasteiger partial charge in [-0.2, -0.15) is 0 Å². The van der Waals surface area contributed by atoms with E-state index in [0.29, 0.717) is 0 Å². The lowest BCUT2D eigenvalue weighted by Crippen LogP contribution is -1.94. The third-order valence-electron chi connectivity index (χ3n) is 13.8. The van der Waals surface area contributed by atoms with Gasteiger partial charge >= 0.3 is 0 Å². The number of aromatic nitrogens is 3. The highest BCUT2D eigenvalue weighted by atomic mass is 32.1.